The van der Waals surface area contributed by atoms with E-state index in [9.17, 15) is 22.8 Å². The number of nitrogens with zero attached hydrogens (tertiary/aromatic N) is 1. The van der Waals surface area contributed by atoms with Gasteiger partial charge in [-0.2, -0.15) is 13.2 Å². The van der Waals surface area contributed by atoms with Crippen molar-refractivity contribution in [2.75, 3.05) is 44.1 Å². The highest BCUT2D eigenvalue weighted by atomic mass is 35.5. The first-order valence-corrected chi connectivity index (χ1v) is 14.6. The van der Waals surface area contributed by atoms with Gasteiger partial charge in [0, 0.05) is 24.8 Å². The lowest BCUT2D eigenvalue weighted by molar-refractivity contribution is -0.138. The van der Waals surface area contributed by atoms with E-state index in [-0.39, 0.29) is 17.3 Å². The Morgan fingerprint density at radius 1 is 1.07 bits per heavy atom. The van der Waals surface area contributed by atoms with E-state index in [1.165, 1.54) is 19.1 Å². The maximum atomic E-state index is 13.9. The fraction of sp³-hybridized carbons (Fsp3) is 0.533. The average Bonchev–Trinajstić information content (AvgIpc) is 2.95. The van der Waals surface area contributed by atoms with Gasteiger partial charge in [0.1, 0.15) is 17.7 Å². The summed E-state index contributed by atoms with van der Waals surface area (Å²) in [4.78, 5) is 28.3. The van der Waals surface area contributed by atoms with Crippen LogP contribution in [0.5, 0.6) is 5.75 Å². The topological polar surface area (TPSA) is 82.7 Å². The number of carbonyl (C=O) groups is 2. The van der Waals surface area contributed by atoms with Gasteiger partial charge in [-0.15, -0.1) is 11.6 Å². The van der Waals surface area contributed by atoms with Crippen molar-refractivity contribution in [1.29, 1.82) is 0 Å². The summed E-state index contributed by atoms with van der Waals surface area (Å²) in [5.41, 5.74) is -0.646. The molecule has 3 rings (SSSR count). The first-order chi connectivity index (χ1) is 19.7. The summed E-state index contributed by atoms with van der Waals surface area (Å²) in [6, 6.07) is 9.07. The van der Waals surface area contributed by atoms with Crippen LogP contribution in [0.15, 0.2) is 42.5 Å². The number of nitrogens with one attached hydrogen (secondary N) is 3. The fourth-order valence-corrected chi connectivity index (χ4v) is 5.25. The maximum absolute atomic E-state index is 13.9. The number of carbonyl (C=O) groups excluding carboxylic acids is 2. The number of rotatable bonds is 14. The van der Waals surface area contributed by atoms with Crippen molar-refractivity contribution >= 4 is 29.1 Å². The normalized spacial score (nSPS) is 14.9. The molecule has 41 heavy (non-hydrogen) atoms. The molecule has 0 radical (unpaired) electrons. The van der Waals surface area contributed by atoms with Gasteiger partial charge in [0.05, 0.1) is 12.2 Å². The molecule has 1 fully saturated rings. The molecule has 0 heterocycles. The van der Waals surface area contributed by atoms with Crippen molar-refractivity contribution in [3.05, 3.63) is 59.2 Å². The van der Waals surface area contributed by atoms with Crippen molar-refractivity contribution in [2.45, 2.75) is 63.7 Å². The van der Waals surface area contributed by atoms with Gasteiger partial charge in [0.15, 0.2) is 0 Å². The molecule has 7 nitrogen and oxygen atoms in total. The van der Waals surface area contributed by atoms with E-state index in [2.05, 4.69) is 16.0 Å². The third-order valence-electron chi connectivity index (χ3n) is 7.20. The Hall–Kier alpha value is -2.82. The minimum absolute atomic E-state index is 0.0202. The molecule has 1 aliphatic rings. The van der Waals surface area contributed by atoms with E-state index in [1.807, 2.05) is 7.05 Å². The van der Waals surface area contributed by atoms with Crippen molar-refractivity contribution < 1.29 is 27.5 Å². The Bertz CT molecular complexity index is 1140. The van der Waals surface area contributed by atoms with Gasteiger partial charge < -0.3 is 20.7 Å². The number of amides is 2. The van der Waals surface area contributed by atoms with Crippen LogP contribution in [-0.4, -0.2) is 57.0 Å². The van der Waals surface area contributed by atoms with Gasteiger partial charge in [-0.05, 0) is 75.2 Å². The number of hydrogen-bond donors (Lipinski definition) is 3. The molecular formula is C30H40ClF3N4O3. The number of benzene rings is 2. The standard InChI is InChI=1S/C30H40ClF3N4O3/c1-21-25(30(32,33)34)13-7-14-26(21)38(27(39)20-31)28(29(40)37-23-10-4-3-5-11-23)22-9-6-12-24(19-22)41-18-8-15-36-17-16-35-2/h6-7,9,12-14,19,23,28,35-36H,3-5,8,10-11,15-18,20H2,1-2H3,(H,37,40). The maximum Gasteiger partial charge on any atom is 0.416 e. The van der Waals surface area contributed by atoms with Crippen LogP contribution in [0.25, 0.3) is 0 Å². The molecule has 0 aromatic heterocycles. The lowest BCUT2D eigenvalue weighted by Crippen LogP contribution is -2.48. The molecule has 1 atom stereocenters. The van der Waals surface area contributed by atoms with Gasteiger partial charge in [-0.3, -0.25) is 14.5 Å². The molecule has 2 amide bonds. The molecule has 0 aliphatic heterocycles. The monoisotopic (exact) mass is 596 g/mol. The van der Waals surface area contributed by atoms with Crippen LogP contribution in [0.3, 0.4) is 0 Å². The number of likely N-dealkylation sites (N-methyl/N-ethyl adjacent to an activating group) is 1. The van der Waals surface area contributed by atoms with Gasteiger partial charge in [0.25, 0.3) is 0 Å². The number of halogens is 4. The smallest absolute Gasteiger partial charge is 0.416 e. The summed E-state index contributed by atoms with van der Waals surface area (Å²) in [5, 5.41) is 9.42. The van der Waals surface area contributed by atoms with E-state index < -0.39 is 35.5 Å². The zero-order valence-corrected chi connectivity index (χ0v) is 24.4. The molecule has 0 saturated heterocycles. The van der Waals surface area contributed by atoms with Gasteiger partial charge >= 0.3 is 6.18 Å². The summed E-state index contributed by atoms with van der Waals surface area (Å²) in [5.74, 6) is -1.18. The van der Waals surface area contributed by atoms with Crippen molar-refractivity contribution in [3.63, 3.8) is 0 Å². The van der Waals surface area contributed by atoms with Crippen LogP contribution in [0.4, 0.5) is 18.9 Å². The van der Waals surface area contributed by atoms with Crippen LogP contribution in [0, 0.1) is 6.92 Å². The zero-order chi connectivity index (χ0) is 29.8. The van der Waals surface area contributed by atoms with Crippen molar-refractivity contribution in [2.24, 2.45) is 0 Å². The minimum atomic E-state index is -4.63. The molecule has 226 valence electrons. The van der Waals surface area contributed by atoms with Gasteiger partial charge in [-0.1, -0.05) is 37.5 Å². The summed E-state index contributed by atoms with van der Waals surface area (Å²) in [6.07, 6.45) is 0.747. The SMILES string of the molecule is CNCCNCCCOc1cccc(C(C(=O)NC2CCCCC2)N(C(=O)CCl)c2cccc(C(F)(F)F)c2C)c1. The lowest BCUT2D eigenvalue weighted by atomic mass is 9.94. The van der Waals surface area contributed by atoms with Gasteiger partial charge in [0.2, 0.25) is 11.8 Å². The molecular weight excluding hydrogens is 557 g/mol. The highest BCUT2D eigenvalue weighted by molar-refractivity contribution is 6.30. The summed E-state index contributed by atoms with van der Waals surface area (Å²) in [6.45, 7) is 4.18. The second kappa shape index (κ2) is 16.0. The predicted octanol–water partition coefficient (Wildman–Crippen LogP) is 5.35. The summed E-state index contributed by atoms with van der Waals surface area (Å²) >= 11 is 5.99. The molecule has 11 heteroatoms. The largest absolute Gasteiger partial charge is 0.494 e. The van der Waals surface area contributed by atoms with Gasteiger partial charge in [-0.25, -0.2) is 0 Å². The Kier molecular flexibility index (Phi) is 12.7. The van der Waals surface area contributed by atoms with E-state index in [1.54, 1.807) is 24.3 Å². The highest BCUT2D eigenvalue weighted by Gasteiger charge is 2.38. The Morgan fingerprint density at radius 2 is 1.80 bits per heavy atom. The Labute approximate surface area is 245 Å². The van der Waals surface area contributed by atoms with E-state index in [0.29, 0.717) is 17.9 Å². The molecule has 0 bridgehead atoms. The predicted molar refractivity (Wildman–Crippen MR) is 155 cm³/mol. The molecule has 1 saturated carbocycles. The molecule has 2 aromatic rings. The van der Waals surface area contributed by atoms with Crippen molar-refractivity contribution in [3.8, 4) is 5.75 Å². The number of hydrogen-bond acceptors (Lipinski definition) is 5. The Morgan fingerprint density at radius 3 is 2.49 bits per heavy atom. The molecule has 1 unspecified atom stereocenters. The van der Waals surface area contributed by atoms with E-state index in [4.69, 9.17) is 16.3 Å². The summed E-state index contributed by atoms with van der Waals surface area (Å²) < 4.78 is 47.4. The van der Waals surface area contributed by atoms with E-state index >= 15 is 0 Å². The Balaban J connectivity index is 1.97. The number of anilines is 1. The second-order valence-electron chi connectivity index (χ2n) is 10.2. The van der Waals surface area contributed by atoms with Crippen molar-refractivity contribution in [1.82, 2.24) is 16.0 Å². The molecule has 3 N–H and O–H groups in total. The second-order valence-corrected chi connectivity index (χ2v) is 10.5. The van der Waals surface area contributed by atoms with Crippen LogP contribution < -0.4 is 25.6 Å². The number of alkyl halides is 4. The minimum Gasteiger partial charge on any atom is -0.494 e. The summed E-state index contributed by atoms with van der Waals surface area (Å²) in [7, 11) is 1.89. The zero-order valence-electron chi connectivity index (χ0n) is 23.7. The lowest BCUT2D eigenvalue weighted by Gasteiger charge is -2.34. The molecule has 0 spiro atoms. The first kappa shape index (κ1) is 32.7. The van der Waals surface area contributed by atoms with Crippen LogP contribution in [0.1, 0.15) is 61.3 Å². The quantitative estimate of drug-likeness (QED) is 0.202. The van der Waals surface area contributed by atoms with Crippen LogP contribution in [0.2, 0.25) is 0 Å². The average molecular weight is 597 g/mol. The van der Waals surface area contributed by atoms with Crippen LogP contribution in [-0.2, 0) is 15.8 Å². The first-order valence-electron chi connectivity index (χ1n) is 14.1. The fourth-order valence-electron chi connectivity index (χ4n) is 5.12. The molecule has 2 aromatic carbocycles. The third kappa shape index (κ3) is 9.34. The third-order valence-corrected chi connectivity index (χ3v) is 7.43. The highest BCUT2D eigenvalue weighted by Crippen LogP contribution is 2.39. The molecule has 1 aliphatic carbocycles. The number of ether oxygens (including phenoxy) is 1. The van der Waals surface area contributed by atoms with Crippen LogP contribution >= 0.6 is 11.6 Å². The van der Waals surface area contributed by atoms with E-state index in [0.717, 1.165) is 69.1 Å².